The van der Waals surface area contributed by atoms with Gasteiger partial charge in [-0.2, -0.15) is 0 Å². The Morgan fingerprint density at radius 1 is 1.45 bits per heavy atom. The molecule has 1 unspecified atom stereocenters. The maximum atomic E-state index is 11.9. The smallest absolute Gasteiger partial charge is 0.350 e. The van der Waals surface area contributed by atoms with Gasteiger partial charge >= 0.3 is 11.7 Å². The summed E-state index contributed by atoms with van der Waals surface area (Å²) in [4.78, 5) is 34.0. The van der Waals surface area contributed by atoms with Crippen molar-refractivity contribution < 1.29 is 14.7 Å². The summed E-state index contributed by atoms with van der Waals surface area (Å²) in [6.07, 6.45) is 1.58. The molecule has 0 aromatic carbocycles. The second-order valence-electron chi connectivity index (χ2n) is 4.31. The molecular weight excluding hydrogens is 264 g/mol. The van der Waals surface area contributed by atoms with Crippen LogP contribution in [-0.4, -0.2) is 37.2 Å². The van der Waals surface area contributed by atoms with Gasteiger partial charge in [-0.15, -0.1) is 5.10 Å². The highest BCUT2D eigenvalue weighted by Gasteiger charge is 2.14. The van der Waals surface area contributed by atoms with Gasteiger partial charge in [0.15, 0.2) is 5.65 Å². The zero-order valence-corrected chi connectivity index (χ0v) is 10.8. The summed E-state index contributed by atoms with van der Waals surface area (Å²) in [6, 6.07) is 4.19. The van der Waals surface area contributed by atoms with Crippen molar-refractivity contribution in [2.75, 3.05) is 0 Å². The molecule has 2 rings (SSSR count). The van der Waals surface area contributed by atoms with E-state index in [1.165, 1.54) is 16.0 Å². The van der Waals surface area contributed by atoms with Crippen LogP contribution in [0.2, 0.25) is 0 Å². The number of fused-ring (bicyclic) bond motifs is 1. The van der Waals surface area contributed by atoms with Crippen molar-refractivity contribution in [1.82, 2.24) is 19.5 Å². The zero-order valence-electron chi connectivity index (χ0n) is 10.8. The average molecular weight is 278 g/mol. The van der Waals surface area contributed by atoms with Gasteiger partial charge in [0.25, 0.3) is 0 Å². The highest BCUT2D eigenvalue weighted by molar-refractivity contribution is 5.83. The molecule has 106 valence electrons. The van der Waals surface area contributed by atoms with E-state index in [-0.39, 0.29) is 18.7 Å². The van der Waals surface area contributed by atoms with E-state index in [9.17, 15) is 14.4 Å². The lowest BCUT2D eigenvalue weighted by molar-refractivity contribution is -0.141. The Labute approximate surface area is 113 Å². The Bertz CT molecular complexity index is 703. The molecule has 0 aliphatic rings. The number of rotatable bonds is 5. The molecule has 0 aliphatic carbocycles. The number of carboxylic acids is 1. The van der Waals surface area contributed by atoms with E-state index < -0.39 is 17.9 Å². The van der Waals surface area contributed by atoms with E-state index in [0.717, 1.165) is 0 Å². The van der Waals surface area contributed by atoms with Crippen LogP contribution < -0.4 is 11.0 Å². The molecule has 20 heavy (non-hydrogen) atoms. The van der Waals surface area contributed by atoms with E-state index in [1.807, 2.05) is 0 Å². The van der Waals surface area contributed by atoms with Crippen LogP contribution in [0.15, 0.2) is 29.2 Å². The number of aromatic nitrogens is 3. The molecule has 0 fully saturated rings. The van der Waals surface area contributed by atoms with Gasteiger partial charge in [-0.1, -0.05) is 6.07 Å². The van der Waals surface area contributed by atoms with Crippen LogP contribution in [0.1, 0.15) is 13.3 Å². The number of aliphatic carboxylic acids is 1. The third-order valence-electron chi connectivity index (χ3n) is 2.79. The highest BCUT2D eigenvalue weighted by Crippen LogP contribution is 1.96. The fourth-order valence-electron chi connectivity index (χ4n) is 1.70. The molecule has 0 radical (unpaired) electrons. The second-order valence-corrected chi connectivity index (χ2v) is 4.31. The summed E-state index contributed by atoms with van der Waals surface area (Å²) in [5.74, 6) is -1.55. The predicted molar refractivity (Wildman–Crippen MR) is 69.3 cm³/mol. The van der Waals surface area contributed by atoms with Crippen molar-refractivity contribution in [1.29, 1.82) is 0 Å². The number of nitrogens with zero attached hydrogens (tertiary/aromatic N) is 3. The first-order chi connectivity index (χ1) is 9.49. The van der Waals surface area contributed by atoms with E-state index in [4.69, 9.17) is 5.11 Å². The third-order valence-corrected chi connectivity index (χ3v) is 2.79. The fourth-order valence-corrected chi connectivity index (χ4v) is 1.70. The number of hydrogen-bond donors (Lipinski definition) is 2. The monoisotopic (exact) mass is 278 g/mol. The van der Waals surface area contributed by atoms with Gasteiger partial charge in [0.05, 0.1) is 6.54 Å². The van der Waals surface area contributed by atoms with E-state index in [2.05, 4.69) is 10.4 Å². The first kappa shape index (κ1) is 13.8. The summed E-state index contributed by atoms with van der Waals surface area (Å²) >= 11 is 0. The van der Waals surface area contributed by atoms with Crippen molar-refractivity contribution in [2.24, 2.45) is 0 Å². The number of carbonyl (C=O) groups excluding carboxylic acids is 1. The molecule has 8 heteroatoms. The summed E-state index contributed by atoms with van der Waals surface area (Å²) in [5, 5.41) is 15.1. The number of aryl methyl sites for hydroxylation is 1. The maximum Gasteiger partial charge on any atom is 0.350 e. The lowest BCUT2D eigenvalue weighted by Crippen LogP contribution is -2.39. The van der Waals surface area contributed by atoms with E-state index in [1.54, 1.807) is 24.4 Å². The van der Waals surface area contributed by atoms with Gasteiger partial charge in [-0.25, -0.2) is 9.48 Å². The van der Waals surface area contributed by atoms with Crippen LogP contribution >= 0.6 is 0 Å². The van der Waals surface area contributed by atoms with Crippen molar-refractivity contribution in [3.05, 3.63) is 34.9 Å². The highest BCUT2D eigenvalue weighted by atomic mass is 16.4. The Morgan fingerprint density at radius 3 is 2.85 bits per heavy atom. The largest absolute Gasteiger partial charge is 0.480 e. The molecule has 0 saturated carbocycles. The minimum Gasteiger partial charge on any atom is -0.480 e. The minimum atomic E-state index is -1.11. The topological polar surface area (TPSA) is 106 Å². The summed E-state index contributed by atoms with van der Waals surface area (Å²) in [7, 11) is 0. The number of amides is 1. The molecule has 2 aromatic heterocycles. The minimum absolute atomic E-state index is 0.0125. The van der Waals surface area contributed by atoms with Crippen LogP contribution in [0.3, 0.4) is 0 Å². The van der Waals surface area contributed by atoms with E-state index >= 15 is 0 Å². The second kappa shape index (κ2) is 5.55. The molecule has 2 heterocycles. The zero-order chi connectivity index (χ0) is 14.7. The molecule has 0 aliphatic heterocycles. The lowest BCUT2D eigenvalue weighted by Gasteiger charge is -2.08. The first-order valence-electron chi connectivity index (χ1n) is 6.05. The van der Waals surface area contributed by atoms with Gasteiger partial charge in [0.1, 0.15) is 6.04 Å². The standard InChI is InChI=1S/C12H14N4O4/c1-8(11(18)19)13-10(17)5-7-16-12(20)15-6-3-2-4-9(15)14-16/h2-4,6,8H,5,7H2,1H3,(H,13,17)(H,18,19). The Hall–Kier alpha value is -2.64. The number of nitrogens with one attached hydrogen (secondary N) is 1. The molecule has 2 N–H and O–H groups in total. The van der Waals surface area contributed by atoms with Gasteiger partial charge in [-0.05, 0) is 19.1 Å². The SMILES string of the molecule is CC(NC(=O)CCn1nc2ccccn2c1=O)C(=O)O. The molecule has 0 saturated heterocycles. The van der Waals surface area contributed by atoms with Gasteiger partial charge < -0.3 is 10.4 Å². The summed E-state index contributed by atoms with van der Waals surface area (Å²) < 4.78 is 2.55. The molecule has 1 amide bonds. The summed E-state index contributed by atoms with van der Waals surface area (Å²) in [5.41, 5.74) is 0.163. The van der Waals surface area contributed by atoms with Crippen molar-refractivity contribution in [2.45, 2.75) is 25.9 Å². The average Bonchev–Trinajstić information content (AvgIpc) is 2.73. The Kier molecular flexibility index (Phi) is 3.83. The Balaban J connectivity index is 2.03. The van der Waals surface area contributed by atoms with E-state index in [0.29, 0.717) is 5.65 Å². The van der Waals surface area contributed by atoms with Crippen molar-refractivity contribution >= 4 is 17.5 Å². The van der Waals surface area contributed by atoms with Crippen LogP contribution in [0.4, 0.5) is 0 Å². The van der Waals surface area contributed by atoms with Crippen molar-refractivity contribution in [3.63, 3.8) is 0 Å². The lowest BCUT2D eigenvalue weighted by atomic mass is 10.3. The summed E-state index contributed by atoms with van der Waals surface area (Å²) in [6.45, 7) is 1.47. The normalized spacial score (nSPS) is 12.2. The molecule has 0 bridgehead atoms. The first-order valence-corrected chi connectivity index (χ1v) is 6.05. The van der Waals surface area contributed by atoms with Gasteiger partial charge in [0.2, 0.25) is 5.91 Å². The number of carbonyl (C=O) groups is 2. The van der Waals surface area contributed by atoms with Crippen molar-refractivity contribution in [3.8, 4) is 0 Å². The predicted octanol–water partition coefficient (Wildman–Crippen LogP) is -0.525. The van der Waals surface area contributed by atoms with Crippen LogP contribution in [-0.2, 0) is 16.1 Å². The van der Waals surface area contributed by atoms with Crippen LogP contribution in [0.5, 0.6) is 0 Å². The van der Waals surface area contributed by atoms with Gasteiger partial charge in [-0.3, -0.25) is 14.0 Å². The molecule has 8 nitrogen and oxygen atoms in total. The molecule has 0 spiro atoms. The molecule has 2 aromatic rings. The number of hydrogen-bond acceptors (Lipinski definition) is 4. The fraction of sp³-hybridized carbons (Fsp3) is 0.333. The molecular formula is C12H14N4O4. The van der Waals surface area contributed by atoms with Crippen LogP contribution in [0, 0.1) is 0 Å². The number of pyridine rings is 1. The quantitative estimate of drug-likeness (QED) is 0.765. The van der Waals surface area contributed by atoms with Gasteiger partial charge in [0, 0.05) is 12.6 Å². The maximum absolute atomic E-state index is 11.9. The van der Waals surface area contributed by atoms with Crippen LogP contribution in [0.25, 0.3) is 5.65 Å². The third kappa shape index (κ3) is 2.85. The number of carboxylic acid groups (broad SMARTS) is 1. The Morgan fingerprint density at radius 2 is 2.20 bits per heavy atom. The molecule has 1 atom stereocenters.